The van der Waals surface area contributed by atoms with Gasteiger partial charge in [0.1, 0.15) is 11.9 Å². The molecule has 2 unspecified atom stereocenters. The molecule has 1 aliphatic carbocycles. The van der Waals surface area contributed by atoms with Crippen molar-refractivity contribution in [1.82, 2.24) is 5.32 Å². The fourth-order valence-corrected chi connectivity index (χ4v) is 3.82. The third-order valence-corrected chi connectivity index (χ3v) is 4.86. The predicted molar refractivity (Wildman–Crippen MR) is 83.2 cm³/mol. The Balaban J connectivity index is 1.70. The normalized spacial score (nSPS) is 24.1. The second-order valence-corrected chi connectivity index (χ2v) is 6.35. The molecule has 0 spiro atoms. The van der Waals surface area contributed by atoms with Crippen LogP contribution >= 0.6 is 0 Å². The number of para-hydroxylation sites is 1. The molecule has 0 aromatic heterocycles. The Bertz CT molecular complexity index is 400. The van der Waals surface area contributed by atoms with Crippen LogP contribution in [0.3, 0.4) is 0 Å². The van der Waals surface area contributed by atoms with Gasteiger partial charge in [0.15, 0.2) is 0 Å². The SMILES string of the molecule is CCCNC(C1CCCCC1)C1Cc2ccccc2O1. The number of nitrogens with one attached hydrogen (secondary N) is 1. The highest BCUT2D eigenvalue weighted by Gasteiger charge is 2.35. The lowest BCUT2D eigenvalue weighted by molar-refractivity contribution is 0.121. The molecule has 0 amide bonds. The van der Waals surface area contributed by atoms with Gasteiger partial charge in [0.25, 0.3) is 0 Å². The van der Waals surface area contributed by atoms with E-state index in [0.29, 0.717) is 12.1 Å². The molecule has 1 N–H and O–H groups in total. The zero-order valence-electron chi connectivity index (χ0n) is 12.6. The zero-order chi connectivity index (χ0) is 13.8. The first-order valence-electron chi connectivity index (χ1n) is 8.36. The molecular weight excluding hydrogens is 246 g/mol. The van der Waals surface area contributed by atoms with Gasteiger partial charge in [-0.15, -0.1) is 0 Å². The monoisotopic (exact) mass is 273 g/mol. The summed E-state index contributed by atoms with van der Waals surface area (Å²) in [6, 6.07) is 9.07. The van der Waals surface area contributed by atoms with Crippen LogP contribution in [0.5, 0.6) is 5.75 Å². The summed E-state index contributed by atoms with van der Waals surface area (Å²) in [6.07, 6.45) is 9.57. The van der Waals surface area contributed by atoms with Crippen LogP contribution < -0.4 is 10.1 Å². The summed E-state index contributed by atoms with van der Waals surface area (Å²) in [5, 5.41) is 3.79. The molecule has 2 aliphatic rings. The van der Waals surface area contributed by atoms with E-state index >= 15 is 0 Å². The van der Waals surface area contributed by atoms with E-state index in [-0.39, 0.29) is 0 Å². The van der Waals surface area contributed by atoms with Crippen molar-refractivity contribution in [3.8, 4) is 5.75 Å². The lowest BCUT2D eigenvalue weighted by atomic mass is 9.81. The molecule has 20 heavy (non-hydrogen) atoms. The number of hydrogen-bond acceptors (Lipinski definition) is 2. The number of fused-ring (bicyclic) bond motifs is 1. The number of benzene rings is 1. The molecule has 0 bridgehead atoms. The maximum Gasteiger partial charge on any atom is 0.123 e. The van der Waals surface area contributed by atoms with Crippen LogP contribution in [0.25, 0.3) is 0 Å². The van der Waals surface area contributed by atoms with E-state index in [1.807, 2.05) is 0 Å². The maximum absolute atomic E-state index is 6.26. The van der Waals surface area contributed by atoms with Crippen LogP contribution in [0.2, 0.25) is 0 Å². The van der Waals surface area contributed by atoms with Crippen LogP contribution in [0.1, 0.15) is 51.0 Å². The molecule has 1 aromatic carbocycles. The summed E-state index contributed by atoms with van der Waals surface area (Å²) < 4.78 is 6.26. The minimum atomic E-state index is 0.335. The fourth-order valence-electron chi connectivity index (χ4n) is 3.82. The largest absolute Gasteiger partial charge is 0.488 e. The summed E-state index contributed by atoms with van der Waals surface area (Å²) in [7, 11) is 0. The highest BCUT2D eigenvalue weighted by atomic mass is 16.5. The van der Waals surface area contributed by atoms with Crippen molar-refractivity contribution in [3.05, 3.63) is 29.8 Å². The summed E-state index contributed by atoms with van der Waals surface area (Å²) in [5.41, 5.74) is 1.39. The predicted octanol–water partition coefficient (Wildman–Crippen LogP) is 3.94. The average Bonchev–Trinajstić information content (AvgIpc) is 2.92. The van der Waals surface area contributed by atoms with Crippen molar-refractivity contribution < 1.29 is 4.74 Å². The second kappa shape index (κ2) is 6.62. The maximum atomic E-state index is 6.26. The van der Waals surface area contributed by atoms with Crippen molar-refractivity contribution in [2.45, 2.75) is 64.0 Å². The molecule has 1 saturated carbocycles. The van der Waals surface area contributed by atoms with Crippen LogP contribution in [0, 0.1) is 5.92 Å². The molecule has 1 fully saturated rings. The van der Waals surface area contributed by atoms with E-state index in [4.69, 9.17) is 4.74 Å². The summed E-state index contributed by atoms with van der Waals surface area (Å²) >= 11 is 0. The number of hydrogen-bond donors (Lipinski definition) is 1. The van der Waals surface area contributed by atoms with Crippen molar-refractivity contribution in [1.29, 1.82) is 0 Å². The van der Waals surface area contributed by atoms with Gasteiger partial charge in [-0.25, -0.2) is 0 Å². The molecule has 0 radical (unpaired) electrons. The molecule has 2 heteroatoms. The first kappa shape index (κ1) is 13.9. The average molecular weight is 273 g/mol. The highest BCUT2D eigenvalue weighted by molar-refractivity contribution is 5.37. The van der Waals surface area contributed by atoms with E-state index < -0.39 is 0 Å². The third kappa shape index (κ3) is 3.01. The topological polar surface area (TPSA) is 21.3 Å². The summed E-state index contributed by atoms with van der Waals surface area (Å²) in [6.45, 7) is 3.35. The highest BCUT2D eigenvalue weighted by Crippen LogP contribution is 2.35. The van der Waals surface area contributed by atoms with Crippen molar-refractivity contribution >= 4 is 0 Å². The summed E-state index contributed by atoms with van der Waals surface area (Å²) in [5.74, 6) is 1.91. The smallest absolute Gasteiger partial charge is 0.123 e. The molecule has 0 saturated heterocycles. The summed E-state index contributed by atoms with van der Waals surface area (Å²) in [4.78, 5) is 0. The Morgan fingerprint density at radius 1 is 1.20 bits per heavy atom. The van der Waals surface area contributed by atoms with E-state index in [9.17, 15) is 0 Å². The minimum Gasteiger partial charge on any atom is -0.488 e. The molecule has 110 valence electrons. The Kier molecular flexibility index (Phi) is 4.62. The van der Waals surface area contributed by atoms with E-state index in [1.54, 1.807) is 0 Å². The Labute approximate surface area is 122 Å². The molecule has 2 nitrogen and oxygen atoms in total. The lowest BCUT2D eigenvalue weighted by Crippen LogP contribution is -2.48. The first-order chi connectivity index (χ1) is 9.88. The van der Waals surface area contributed by atoms with Crippen LogP contribution in [-0.2, 0) is 6.42 Å². The van der Waals surface area contributed by atoms with Gasteiger partial charge in [0.05, 0.1) is 0 Å². The lowest BCUT2D eigenvalue weighted by Gasteiger charge is -2.34. The van der Waals surface area contributed by atoms with Gasteiger partial charge in [-0.3, -0.25) is 0 Å². The van der Waals surface area contributed by atoms with E-state index in [0.717, 1.165) is 24.6 Å². The van der Waals surface area contributed by atoms with Crippen molar-refractivity contribution in [2.24, 2.45) is 5.92 Å². The number of rotatable bonds is 5. The van der Waals surface area contributed by atoms with Crippen LogP contribution in [0.15, 0.2) is 24.3 Å². The molecular formula is C18H27NO. The third-order valence-electron chi connectivity index (χ3n) is 4.86. The Hall–Kier alpha value is -1.02. The van der Waals surface area contributed by atoms with Gasteiger partial charge in [-0.05, 0) is 43.4 Å². The molecule has 1 aromatic rings. The van der Waals surface area contributed by atoms with Gasteiger partial charge in [-0.1, -0.05) is 44.4 Å². The van der Waals surface area contributed by atoms with Crippen LogP contribution in [-0.4, -0.2) is 18.7 Å². The van der Waals surface area contributed by atoms with Crippen molar-refractivity contribution in [2.75, 3.05) is 6.54 Å². The first-order valence-corrected chi connectivity index (χ1v) is 8.36. The quantitative estimate of drug-likeness (QED) is 0.877. The zero-order valence-corrected chi connectivity index (χ0v) is 12.6. The fraction of sp³-hybridized carbons (Fsp3) is 0.667. The van der Waals surface area contributed by atoms with Crippen LogP contribution in [0.4, 0.5) is 0 Å². The molecule has 3 rings (SSSR count). The molecule has 1 heterocycles. The molecule has 2 atom stereocenters. The van der Waals surface area contributed by atoms with Gasteiger partial charge in [0, 0.05) is 12.5 Å². The van der Waals surface area contributed by atoms with Gasteiger partial charge < -0.3 is 10.1 Å². The van der Waals surface area contributed by atoms with Gasteiger partial charge in [0.2, 0.25) is 0 Å². The van der Waals surface area contributed by atoms with Gasteiger partial charge in [-0.2, -0.15) is 0 Å². The Morgan fingerprint density at radius 3 is 2.75 bits per heavy atom. The van der Waals surface area contributed by atoms with Crippen molar-refractivity contribution in [3.63, 3.8) is 0 Å². The van der Waals surface area contributed by atoms with Gasteiger partial charge >= 0.3 is 0 Å². The second-order valence-electron chi connectivity index (χ2n) is 6.35. The molecule has 1 aliphatic heterocycles. The van der Waals surface area contributed by atoms with E-state index in [1.165, 1.54) is 44.1 Å². The standard InChI is InChI=1S/C18H27NO/c1-2-12-19-18(14-8-4-3-5-9-14)17-13-15-10-6-7-11-16(15)20-17/h6-7,10-11,14,17-19H,2-5,8-9,12-13H2,1H3. The number of ether oxygens (including phenoxy) is 1. The Morgan fingerprint density at radius 2 is 2.00 bits per heavy atom. The van der Waals surface area contributed by atoms with E-state index in [2.05, 4.69) is 36.5 Å². The minimum absolute atomic E-state index is 0.335.